The highest BCUT2D eigenvalue weighted by Crippen LogP contribution is 2.36. The molecule has 60 heavy (non-hydrogen) atoms. The van der Waals surface area contributed by atoms with Crippen molar-refractivity contribution in [3.8, 4) is 62.1 Å². The number of furan rings is 1. The van der Waals surface area contributed by atoms with E-state index in [1.165, 1.54) is 4.52 Å². The fraction of sp³-hybridized carbons (Fsp3) is 0. The van der Waals surface area contributed by atoms with Gasteiger partial charge in [-0.25, -0.2) is 19.5 Å². The van der Waals surface area contributed by atoms with Crippen LogP contribution in [0.25, 0.3) is 106 Å². The second-order valence-electron chi connectivity index (χ2n) is 14.8. The largest absolute Gasteiger partial charge is 0.448 e. The first-order valence-corrected chi connectivity index (χ1v) is 19.6. The summed E-state index contributed by atoms with van der Waals surface area (Å²) < 4.78 is 11.0. The molecule has 0 amide bonds. The third-order valence-corrected chi connectivity index (χ3v) is 11.3. The molecule has 0 aliphatic carbocycles. The van der Waals surface area contributed by atoms with Gasteiger partial charge in [0.05, 0.1) is 10.9 Å². The van der Waals surface area contributed by atoms with E-state index < -0.39 is 11.1 Å². The van der Waals surface area contributed by atoms with Gasteiger partial charge in [0, 0.05) is 33.2 Å². The third-order valence-electron chi connectivity index (χ3n) is 11.3. The lowest BCUT2D eigenvalue weighted by Crippen LogP contribution is -2.21. The Hall–Kier alpha value is -8.43. The minimum absolute atomic E-state index is 0.139. The van der Waals surface area contributed by atoms with Gasteiger partial charge in [-0.2, -0.15) is 4.52 Å². The molecular weight excluding hydrogens is 745 g/mol. The summed E-state index contributed by atoms with van der Waals surface area (Å²) in [7, 11) is 0. The van der Waals surface area contributed by atoms with Crippen LogP contribution in [-0.4, -0.2) is 28.5 Å². The Bertz CT molecular complexity index is 3640. The number of nitrogens with zero attached hydrogens (tertiary/aromatic N) is 6. The second kappa shape index (κ2) is 13.1. The molecule has 0 aliphatic rings. The van der Waals surface area contributed by atoms with Gasteiger partial charge >= 0.3 is 5.56 Å². The molecule has 0 saturated carbocycles. The summed E-state index contributed by atoms with van der Waals surface area (Å²) in [5.74, 6) is 1.56. The number of fused-ring (bicyclic) bond motifs is 9. The van der Waals surface area contributed by atoms with Crippen LogP contribution in [-0.2, 0) is 0 Å². The zero-order valence-corrected chi connectivity index (χ0v) is 31.7. The van der Waals surface area contributed by atoms with E-state index in [1.807, 2.05) is 138 Å². The summed E-state index contributed by atoms with van der Waals surface area (Å²) in [5.41, 5.74) is 9.40. The van der Waals surface area contributed by atoms with Gasteiger partial charge in [0.2, 0.25) is 5.58 Å². The number of hydrogen-bond acceptors (Lipinski definition) is 6. The maximum Gasteiger partial charge on any atom is 0.318 e. The van der Waals surface area contributed by atoms with Crippen LogP contribution in [0.2, 0.25) is 0 Å². The quantitative estimate of drug-likeness (QED) is 0.167. The summed E-state index contributed by atoms with van der Waals surface area (Å²) in [6, 6.07) is 60.3. The molecule has 9 nitrogen and oxygen atoms in total. The summed E-state index contributed by atoms with van der Waals surface area (Å²) >= 11 is 0. The highest BCUT2D eigenvalue weighted by atomic mass is 16.3. The molecule has 5 heterocycles. The summed E-state index contributed by atoms with van der Waals surface area (Å²) in [4.78, 5) is 43.4. The van der Waals surface area contributed by atoms with Gasteiger partial charge in [0.25, 0.3) is 5.56 Å². The van der Waals surface area contributed by atoms with Gasteiger partial charge in [-0.3, -0.25) is 14.2 Å². The number of benzene rings is 7. The van der Waals surface area contributed by atoms with Crippen molar-refractivity contribution in [2.45, 2.75) is 0 Å². The monoisotopic (exact) mass is 774 g/mol. The standard InChI is InChI=1S/C51H30N6O3/c58-50-43-39-18-7-9-20-41(39)55(49(43)56-44-40-19-8-10-21-42(40)60-45(44)51(59)57(50)56)38-17-11-16-37(30-38)48-53-46(35-26-22-33(23-27-35)31-12-3-1-4-13-31)52-47(54-48)36-28-24-34(25-29-36)32-14-5-2-6-15-32/h1-30H. The predicted octanol–water partition coefficient (Wildman–Crippen LogP) is 10.7. The topological polar surface area (TPSA) is 99.7 Å². The summed E-state index contributed by atoms with van der Waals surface area (Å²) in [5, 5.41) is 1.93. The minimum Gasteiger partial charge on any atom is -0.448 e. The summed E-state index contributed by atoms with van der Waals surface area (Å²) in [6.45, 7) is 0. The van der Waals surface area contributed by atoms with Gasteiger partial charge in [0.1, 0.15) is 11.1 Å². The molecule has 5 aromatic heterocycles. The molecule has 282 valence electrons. The summed E-state index contributed by atoms with van der Waals surface area (Å²) in [6.07, 6.45) is 0. The van der Waals surface area contributed by atoms with Crippen molar-refractivity contribution in [1.82, 2.24) is 28.5 Å². The first-order valence-electron chi connectivity index (χ1n) is 19.6. The normalized spacial score (nSPS) is 11.8. The Morgan fingerprint density at radius 3 is 1.55 bits per heavy atom. The van der Waals surface area contributed by atoms with Crippen LogP contribution in [0, 0.1) is 0 Å². The van der Waals surface area contributed by atoms with Crippen molar-refractivity contribution in [2.75, 3.05) is 0 Å². The molecule has 0 radical (unpaired) electrons. The highest BCUT2D eigenvalue weighted by Gasteiger charge is 2.28. The Balaban J connectivity index is 1.06. The van der Waals surface area contributed by atoms with Crippen LogP contribution in [0.15, 0.2) is 196 Å². The molecule has 0 aliphatic heterocycles. The van der Waals surface area contributed by atoms with Gasteiger partial charge in [-0.15, -0.1) is 0 Å². The van der Waals surface area contributed by atoms with Crippen molar-refractivity contribution in [2.24, 2.45) is 0 Å². The van der Waals surface area contributed by atoms with Crippen molar-refractivity contribution in [1.29, 1.82) is 0 Å². The Kier molecular flexibility index (Phi) is 7.33. The van der Waals surface area contributed by atoms with Crippen LogP contribution in [0.4, 0.5) is 0 Å². The van der Waals surface area contributed by atoms with E-state index in [4.69, 9.17) is 19.4 Å². The molecule has 9 heteroatoms. The van der Waals surface area contributed by atoms with Crippen LogP contribution in [0.1, 0.15) is 0 Å². The fourth-order valence-corrected chi connectivity index (χ4v) is 8.49. The van der Waals surface area contributed by atoms with E-state index in [-0.39, 0.29) is 5.58 Å². The number of rotatable bonds is 6. The molecule has 0 fully saturated rings. The van der Waals surface area contributed by atoms with Crippen molar-refractivity contribution >= 4 is 44.0 Å². The molecule has 0 atom stereocenters. The molecule has 0 bridgehead atoms. The van der Waals surface area contributed by atoms with Gasteiger partial charge in [0.15, 0.2) is 23.1 Å². The Labute approximate surface area is 340 Å². The smallest absolute Gasteiger partial charge is 0.318 e. The van der Waals surface area contributed by atoms with Crippen LogP contribution < -0.4 is 11.1 Å². The van der Waals surface area contributed by atoms with Crippen LogP contribution >= 0.6 is 0 Å². The lowest BCUT2D eigenvalue weighted by molar-refractivity contribution is 0.662. The molecule has 0 N–H and O–H groups in total. The van der Waals surface area contributed by atoms with E-state index in [0.717, 1.165) is 60.9 Å². The van der Waals surface area contributed by atoms with E-state index in [0.29, 0.717) is 39.6 Å². The third kappa shape index (κ3) is 5.09. The number of aromatic nitrogens is 6. The van der Waals surface area contributed by atoms with Gasteiger partial charge in [-0.1, -0.05) is 152 Å². The first-order chi connectivity index (χ1) is 29.6. The molecule has 0 saturated heterocycles. The molecule has 7 aromatic carbocycles. The van der Waals surface area contributed by atoms with Crippen LogP contribution in [0.5, 0.6) is 0 Å². The van der Waals surface area contributed by atoms with E-state index in [9.17, 15) is 9.59 Å². The van der Waals surface area contributed by atoms with Crippen molar-refractivity contribution in [3.05, 3.63) is 203 Å². The maximum absolute atomic E-state index is 14.3. The van der Waals surface area contributed by atoms with E-state index in [2.05, 4.69) is 48.5 Å². The van der Waals surface area contributed by atoms with Crippen molar-refractivity contribution < 1.29 is 4.42 Å². The molecule has 12 aromatic rings. The minimum atomic E-state index is -0.495. The molecular formula is C51H30N6O3. The average molecular weight is 775 g/mol. The zero-order valence-electron chi connectivity index (χ0n) is 31.7. The van der Waals surface area contributed by atoms with Crippen LogP contribution in [0.3, 0.4) is 0 Å². The second-order valence-corrected chi connectivity index (χ2v) is 14.8. The molecule has 12 rings (SSSR count). The molecule has 0 unspecified atom stereocenters. The first kappa shape index (κ1) is 33.7. The van der Waals surface area contributed by atoms with E-state index >= 15 is 0 Å². The Morgan fingerprint density at radius 2 is 0.917 bits per heavy atom. The maximum atomic E-state index is 14.3. The van der Waals surface area contributed by atoms with Crippen molar-refractivity contribution in [3.63, 3.8) is 0 Å². The Morgan fingerprint density at radius 1 is 0.417 bits per heavy atom. The lowest BCUT2D eigenvalue weighted by atomic mass is 10.0. The number of hydrogen-bond donors (Lipinski definition) is 0. The SMILES string of the molecule is O=c1c2oc3ccccc3c2n2c3c(c(=O)n12)c1ccccc1n3-c1cccc(-c2nc(-c3ccc(-c4ccccc4)cc3)nc(-c3ccc(-c4ccccc4)cc3)n2)c1. The van der Waals surface area contributed by atoms with Gasteiger partial charge in [-0.05, 0) is 52.6 Å². The molecule has 0 spiro atoms. The predicted molar refractivity (Wildman–Crippen MR) is 237 cm³/mol. The highest BCUT2D eigenvalue weighted by molar-refractivity contribution is 6.11. The average Bonchev–Trinajstić information content (AvgIpc) is 4.03. The van der Waals surface area contributed by atoms with E-state index in [1.54, 1.807) is 4.52 Å². The zero-order chi connectivity index (χ0) is 39.9. The fourth-order valence-electron chi connectivity index (χ4n) is 8.49. The van der Waals surface area contributed by atoms with Gasteiger partial charge < -0.3 is 4.42 Å². The number of para-hydroxylation sites is 2. The lowest BCUT2D eigenvalue weighted by Gasteiger charge is -2.12.